The number of aliphatic carboxylic acids is 1. The van der Waals surface area contributed by atoms with E-state index >= 15 is 0 Å². The predicted octanol–water partition coefficient (Wildman–Crippen LogP) is 3.25. The Morgan fingerprint density at radius 1 is 1.28 bits per heavy atom. The van der Waals surface area contributed by atoms with Gasteiger partial charge in [0.15, 0.2) is 0 Å². The summed E-state index contributed by atoms with van der Waals surface area (Å²) in [6.07, 6.45) is 12.0. The summed E-state index contributed by atoms with van der Waals surface area (Å²) in [4.78, 5) is 22.5. The number of carbonyl (C=O) groups is 2. The number of allylic oxidation sites excluding steroid dienone is 2. The number of hydrogen-bond acceptors (Lipinski definition) is 4. The smallest absolute Gasteiger partial charge is 0.303 e. The highest BCUT2D eigenvalue weighted by molar-refractivity contribution is 5.84. The summed E-state index contributed by atoms with van der Waals surface area (Å²) >= 11 is 0. The molecule has 5 heteroatoms. The van der Waals surface area contributed by atoms with Crippen LogP contribution in [0.2, 0.25) is 0 Å². The Balaban J connectivity index is 2.46. The molecule has 1 rings (SSSR count). The van der Waals surface area contributed by atoms with Gasteiger partial charge in [-0.3, -0.25) is 9.59 Å². The van der Waals surface area contributed by atoms with E-state index in [9.17, 15) is 19.8 Å². The number of Topliss-reactive ketones (excluding diaryl/α,β-unsaturated/α-hetero) is 1. The SMILES string of the molecule is CCCCC[C@H](O)/C=C/[C@H]1[C@H](O)CC(=O)[C@@H]1CC/C=C/CCC(=O)O. The second kappa shape index (κ2) is 12.0. The first-order valence-electron chi connectivity index (χ1n) is 9.39. The highest BCUT2D eigenvalue weighted by atomic mass is 16.4. The minimum atomic E-state index is -0.818. The van der Waals surface area contributed by atoms with Crippen LogP contribution in [0.4, 0.5) is 0 Å². The van der Waals surface area contributed by atoms with Crippen molar-refractivity contribution in [3.05, 3.63) is 24.3 Å². The Morgan fingerprint density at radius 2 is 2.00 bits per heavy atom. The van der Waals surface area contributed by atoms with Gasteiger partial charge in [-0.2, -0.15) is 0 Å². The molecule has 0 bridgehead atoms. The zero-order chi connectivity index (χ0) is 18.7. The van der Waals surface area contributed by atoms with Gasteiger partial charge in [0.2, 0.25) is 0 Å². The summed E-state index contributed by atoms with van der Waals surface area (Å²) in [5.41, 5.74) is 0. The molecule has 0 amide bonds. The number of hydrogen-bond donors (Lipinski definition) is 3. The van der Waals surface area contributed by atoms with Gasteiger partial charge in [0.05, 0.1) is 12.2 Å². The van der Waals surface area contributed by atoms with Crippen molar-refractivity contribution in [3.63, 3.8) is 0 Å². The number of rotatable bonds is 12. The number of aliphatic hydroxyl groups is 2. The van der Waals surface area contributed by atoms with Crippen molar-refractivity contribution in [1.82, 2.24) is 0 Å². The molecule has 1 aliphatic rings. The van der Waals surface area contributed by atoms with Gasteiger partial charge in [-0.05, 0) is 25.7 Å². The molecule has 1 saturated carbocycles. The van der Waals surface area contributed by atoms with Crippen molar-refractivity contribution in [2.24, 2.45) is 11.8 Å². The number of carboxylic acid groups (broad SMARTS) is 1. The van der Waals surface area contributed by atoms with Gasteiger partial charge in [-0.25, -0.2) is 0 Å². The van der Waals surface area contributed by atoms with Gasteiger partial charge >= 0.3 is 5.97 Å². The monoisotopic (exact) mass is 352 g/mol. The lowest BCUT2D eigenvalue weighted by Crippen LogP contribution is -2.19. The van der Waals surface area contributed by atoms with E-state index in [1.54, 1.807) is 6.08 Å². The van der Waals surface area contributed by atoms with Crippen LogP contribution in [0.5, 0.6) is 0 Å². The van der Waals surface area contributed by atoms with Crippen molar-refractivity contribution < 1.29 is 24.9 Å². The Labute approximate surface area is 150 Å². The molecule has 4 atom stereocenters. The second-order valence-electron chi connectivity index (χ2n) is 6.85. The number of aliphatic hydroxyl groups excluding tert-OH is 2. The maximum Gasteiger partial charge on any atom is 0.303 e. The van der Waals surface area contributed by atoms with E-state index < -0.39 is 18.2 Å². The van der Waals surface area contributed by atoms with Gasteiger partial charge in [0, 0.05) is 24.7 Å². The summed E-state index contributed by atoms with van der Waals surface area (Å²) in [5, 5.41) is 28.7. The van der Waals surface area contributed by atoms with E-state index in [-0.39, 0.29) is 30.5 Å². The zero-order valence-electron chi connectivity index (χ0n) is 15.1. The van der Waals surface area contributed by atoms with Crippen LogP contribution in [-0.2, 0) is 9.59 Å². The molecule has 1 aliphatic carbocycles. The molecule has 0 heterocycles. The van der Waals surface area contributed by atoms with Gasteiger partial charge < -0.3 is 15.3 Å². The molecule has 0 aliphatic heterocycles. The molecule has 0 unspecified atom stereocenters. The lowest BCUT2D eigenvalue weighted by atomic mass is 9.89. The van der Waals surface area contributed by atoms with Crippen LogP contribution >= 0.6 is 0 Å². The Kier molecular flexibility index (Phi) is 10.3. The minimum absolute atomic E-state index is 0.0709. The van der Waals surface area contributed by atoms with Gasteiger partial charge in [-0.1, -0.05) is 50.5 Å². The lowest BCUT2D eigenvalue weighted by Gasteiger charge is -2.17. The molecule has 0 aromatic rings. The minimum Gasteiger partial charge on any atom is -0.481 e. The molecule has 0 spiro atoms. The number of unbranched alkanes of at least 4 members (excludes halogenated alkanes) is 2. The summed E-state index contributed by atoms with van der Waals surface area (Å²) < 4.78 is 0. The van der Waals surface area contributed by atoms with Crippen molar-refractivity contribution in [2.75, 3.05) is 0 Å². The quantitative estimate of drug-likeness (QED) is 0.370. The summed E-state index contributed by atoms with van der Waals surface area (Å²) in [7, 11) is 0. The lowest BCUT2D eigenvalue weighted by molar-refractivity contribution is -0.136. The van der Waals surface area contributed by atoms with E-state index in [0.29, 0.717) is 25.7 Å². The Hall–Kier alpha value is -1.46. The second-order valence-corrected chi connectivity index (χ2v) is 6.85. The third-order valence-electron chi connectivity index (χ3n) is 4.73. The average Bonchev–Trinajstić information content (AvgIpc) is 2.82. The van der Waals surface area contributed by atoms with E-state index in [4.69, 9.17) is 5.11 Å². The first-order valence-corrected chi connectivity index (χ1v) is 9.39. The number of ketones is 1. The highest BCUT2D eigenvalue weighted by Gasteiger charge is 2.39. The zero-order valence-corrected chi connectivity index (χ0v) is 15.1. The van der Waals surface area contributed by atoms with E-state index in [1.165, 1.54) is 0 Å². The molecule has 142 valence electrons. The third kappa shape index (κ3) is 8.45. The van der Waals surface area contributed by atoms with E-state index in [2.05, 4.69) is 6.92 Å². The van der Waals surface area contributed by atoms with Crippen molar-refractivity contribution in [1.29, 1.82) is 0 Å². The molecular weight excluding hydrogens is 320 g/mol. The third-order valence-corrected chi connectivity index (χ3v) is 4.73. The number of carboxylic acids is 1. The molecule has 25 heavy (non-hydrogen) atoms. The first-order chi connectivity index (χ1) is 12.0. The molecule has 0 radical (unpaired) electrons. The fraction of sp³-hybridized carbons (Fsp3) is 0.700. The highest BCUT2D eigenvalue weighted by Crippen LogP contribution is 2.34. The van der Waals surface area contributed by atoms with Crippen LogP contribution in [0.3, 0.4) is 0 Å². The molecule has 3 N–H and O–H groups in total. The standard InChI is InChI=1S/C20H32O5/c1-2-3-6-9-15(21)12-13-17-16(18(22)14-19(17)23)10-7-4-5-8-11-20(24)25/h4-5,12-13,15-17,19,21,23H,2-3,6-11,14H2,1H3,(H,24,25)/b5-4+,13-12+/t15-,16+,17+,19+/m0/s1. The Bertz CT molecular complexity index is 469. The average molecular weight is 352 g/mol. The van der Waals surface area contributed by atoms with Crippen LogP contribution in [0.1, 0.15) is 64.7 Å². The largest absolute Gasteiger partial charge is 0.481 e. The fourth-order valence-electron chi connectivity index (χ4n) is 3.27. The fourth-order valence-corrected chi connectivity index (χ4v) is 3.27. The molecule has 0 aromatic carbocycles. The summed E-state index contributed by atoms with van der Waals surface area (Å²) in [6, 6.07) is 0. The van der Waals surface area contributed by atoms with Gasteiger partial charge in [0.1, 0.15) is 5.78 Å². The van der Waals surface area contributed by atoms with Crippen LogP contribution in [-0.4, -0.2) is 39.3 Å². The predicted molar refractivity (Wildman–Crippen MR) is 97.1 cm³/mol. The van der Waals surface area contributed by atoms with Gasteiger partial charge in [0.25, 0.3) is 0 Å². The van der Waals surface area contributed by atoms with Crippen LogP contribution in [0, 0.1) is 11.8 Å². The normalized spacial score (nSPS) is 25.2. The van der Waals surface area contributed by atoms with E-state index in [1.807, 2.05) is 18.2 Å². The van der Waals surface area contributed by atoms with Crippen molar-refractivity contribution in [2.45, 2.75) is 76.9 Å². The Morgan fingerprint density at radius 3 is 2.68 bits per heavy atom. The van der Waals surface area contributed by atoms with Gasteiger partial charge in [-0.15, -0.1) is 0 Å². The first kappa shape index (κ1) is 21.6. The van der Waals surface area contributed by atoms with E-state index in [0.717, 1.165) is 19.3 Å². The maximum atomic E-state index is 12.1. The summed E-state index contributed by atoms with van der Waals surface area (Å²) in [6.45, 7) is 2.11. The molecule has 0 aromatic heterocycles. The maximum absolute atomic E-state index is 12.1. The van der Waals surface area contributed by atoms with Crippen molar-refractivity contribution >= 4 is 11.8 Å². The molecular formula is C20H32O5. The number of carbonyl (C=O) groups excluding carboxylic acids is 1. The molecule has 1 fully saturated rings. The van der Waals surface area contributed by atoms with Crippen LogP contribution < -0.4 is 0 Å². The van der Waals surface area contributed by atoms with Crippen molar-refractivity contribution in [3.8, 4) is 0 Å². The van der Waals surface area contributed by atoms with Crippen LogP contribution in [0.25, 0.3) is 0 Å². The topological polar surface area (TPSA) is 94.8 Å². The summed E-state index contributed by atoms with van der Waals surface area (Å²) in [5.74, 6) is -1.21. The van der Waals surface area contributed by atoms with Crippen LogP contribution in [0.15, 0.2) is 24.3 Å². The molecule has 0 saturated heterocycles. The molecule has 5 nitrogen and oxygen atoms in total.